The van der Waals surface area contributed by atoms with E-state index in [9.17, 15) is 5.11 Å². The molecule has 0 aromatic heterocycles. The van der Waals surface area contributed by atoms with Crippen molar-refractivity contribution in [3.63, 3.8) is 0 Å². The van der Waals surface area contributed by atoms with E-state index in [1.165, 1.54) is 0 Å². The maximum atomic E-state index is 9.38. The Bertz CT molecular complexity index is 140. The molecule has 0 aromatic carbocycles. The Hall–Kier alpha value is -0.120. The molecule has 3 N–H and O–H groups in total. The van der Waals surface area contributed by atoms with Crippen LogP contribution in [-0.4, -0.2) is 36.0 Å². The quantitative estimate of drug-likeness (QED) is 0.432. The zero-order chi connectivity index (χ0) is 7.14. The minimum atomic E-state index is -0.245. The Morgan fingerprint density at radius 2 is 2.00 bits per heavy atom. The maximum absolute atomic E-state index is 9.38. The summed E-state index contributed by atoms with van der Waals surface area (Å²) in [6.45, 7) is 2.05. The summed E-state index contributed by atoms with van der Waals surface area (Å²) in [6.07, 6.45) is -0.245. The third kappa shape index (κ3) is 0.654. The van der Waals surface area contributed by atoms with Gasteiger partial charge in [-0.25, -0.2) is 0 Å². The zero-order valence-electron chi connectivity index (χ0n) is 5.83. The average Bonchev–Trinajstić information content (AvgIpc) is 2.33. The van der Waals surface area contributed by atoms with Crippen molar-refractivity contribution in [2.45, 2.75) is 6.10 Å². The molecule has 3 nitrogen and oxygen atoms in total. The van der Waals surface area contributed by atoms with Gasteiger partial charge in [-0.2, -0.15) is 0 Å². The topological polar surface area (TPSA) is 52.5 Å². The van der Waals surface area contributed by atoms with Gasteiger partial charge >= 0.3 is 0 Å². The fourth-order valence-electron chi connectivity index (χ4n) is 2.23. The molecule has 1 aliphatic carbocycles. The highest BCUT2D eigenvalue weighted by Crippen LogP contribution is 2.42. The standard InChI is InChI=1S/C7H13NO2/c9-3-6-4-1-8-2-5(4)7(6)10/h4-10H,1-3H2. The van der Waals surface area contributed by atoms with Crippen LogP contribution >= 0.6 is 0 Å². The first-order valence-corrected chi connectivity index (χ1v) is 3.84. The third-order valence-corrected chi connectivity index (χ3v) is 2.95. The van der Waals surface area contributed by atoms with Crippen LogP contribution in [0.3, 0.4) is 0 Å². The fraction of sp³-hybridized carbons (Fsp3) is 1.00. The highest BCUT2D eigenvalue weighted by Gasteiger charge is 2.51. The molecule has 0 spiro atoms. The molecule has 58 valence electrons. The van der Waals surface area contributed by atoms with E-state index in [0.717, 1.165) is 13.1 Å². The molecule has 0 amide bonds. The van der Waals surface area contributed by atoms with Crippen LogP contribution in [0.1, 0.15) is 0 Å². The van der Waals surface area contributed by atoms with Crippen molar-refractivity contribution in [3.05, 3.63) is 0 Å². The lowest BCUT2D eigenvalue weighted by Crippen LogP contribution is -2.52. The molecule has 10 heavy (non-hydrogen) atoms. The maximum Gasteiger partial charge on any atom is 0.0637 e. The molecule has 0 aromatic rings. The highest BCUT2D eigenvalue weighted by atomic mass is 16.3. The minimum Gasteiger partial charge on any atom is -0.396 e. The SMILES string of the molecule is OCC1C(O)C2CNCC12. The fourth-order valence-corrected chi connectivity index (χ4v) is 2.23. The van der Waals surface area contributed by atoms with E-state index in [1.54, 1.807) is 0 Å². The number of rotatable bonds is 1. The monoisotopic (exact) mass is 143 g/mol. The van der Waals surface area contributed by atoms with Crippen molar-refractivity contribution in [1.29, 1.82) is 0 Å². The molecule has 3 heteroatoms. The Balaban J connectivity index is 2.01. The lowest BCUT2D eigenvalue weighted by atomic mass is 9.64. The van der Waals surface area contributed by atoms with E-state index in [4.69, 9.17) is 5.11 Å². The summed E-state index contributed by atoms with van der Waals surface area (Å²) in [6, 6.07) is 0. The van der Waals surface area contributed by atoms with Crippen molar-refractivity contribution >= 4 is 0 Å². The minimum absolute atomic E-state index is 0.143. The second-order valence-electron chi connectivity index (χ2n) is 3.32. The summed E-state index contributed by atoms with van der Waals surface area (Å²) in [4.78, 5) is 0. The molecule has 1 saturated carbocycles. The van der Waals surface area contributed by atoms with Gasteiger partial charge in [0.1, 0.15) is 0 Å². The Morgan fingerprint density at radius 3 is 2.70 bits per heavy atom. The van der Waals surface area contributed by atoms with Crippen LogP contribution in [0.2, 0.25) is 0 Å². The van der Waals surface area contributed by atoms with Crippen LogP contribution in [0.25, 0.3) is 0 Å². The van der Waals surface area contributed by atoms with Crippen LogP contribution in [0.15, 0.2) is 0 Å². The van der Waals surface area contributed by atoms with E-state index in [-0.39, 0.29) is 18.6 Å². The van der Waals surface area contributed by atoms with Gasteiger partial charge in [-0.1, -0.05) is 0 Å². The number of aliphatic hydroxyl groups is 2. The van der Waals surface area contributed by atoms with Crippen LogP contribution in [0, 0.1) is 17.8 Å². The molecule has 1 heterocycles. The van der Waals surface area contributed by atoms with Crippen molar-refractivity contribution in [2.75, 3.05) is 19.7 Å². The third-order valence-electron chi connectivity index (χ3n) is 2.95. The summed E-state index contributed by atoms with van der Waals surface area (Å²) in [5, 5.41) is 21.4. The number of fused-ring (bicyclic) bond motifs is 1. The predicted octanol–water partition coefficient (Wildman–Crippen LogP) is -1.19. The molecular weight excluding hydrogens is 130 g/mol. The van der Waals surface area contributed by atoms with Crippen molar-refractivity contribution in [1.82, 2.24) is 5.32 Å². The largest absolute Gasteiger partial charge is 0.396 e. The van der Waals surface area contributed by atoms with Gasteiger partial charge in [0.15, 0.2) is 0 Å². The number of hydrogen-bond donors (Lipinski definition) is 3. The zero-order valence-corrected chi connectivity index (χ0v) is 5.83. The Labute approximate surface area is 60.1 Å². The van der Waals surface area contributed by atoms with Crippen LogP contribution in [0.4, 0.5) is 0 Å². The van der Waals surface area contributed by atoms with Gasteiger partial charge in [0.25, 0.3) is 0 Å². The molecule has 2 rings (SSSR count). The molecule has 4 unspecified atom stereocenters. The molecule has 0 bridgehead atoms. The van der Waals surface area contributed by atoms with Crippen LogP contribution in [0.5, 0.6) is 0 Å². The molecule has 1 saturated heterocycles. The molecule has 2 aliphatic rings. The van der Waals surface area contributed by atoms with E-state index in [0.29, 0.717) is 11.8 Å². The summed E-state index contributed by atoms with van der Waals surface area (Å²) >= 11 is 0. The van der Waals surface area contributed by atoms with Gasteiger partial charge in [0.2, 0.25) is 0 Å². The molecule has 1 aliphatic heterocycles. The summed E-state index contributed by atoms with van der Waals surface area (Å²) < 4.78 is 0. The van der Waals surface area contributed by atoms with Gasteiger partial charge in [-0.3, -0.25) is 0 Å². The highest BCUT2D eigenvalue weighted by molar-refractivity contribution is 5.02. The molecular formula is C7H13NO2. The first-order chi connectivity index (χ1) is 4.84. The van der Waals surface area contributed by atoms with Gasteiger partial charge in [-0.05, 0) is 12.5 Å². The van der Waals surface area contributed by atoms with E-state index in [1.807, 2.05) is 0 Å². The van der Waals surface area contributed by atoms with Gasteiger partial charge in [0.05, 0.1) is 6.10 Å². The number of hydrogen-bond acceptors (Lipinski definition) is 3. The summed E-state index contributed by atoms with van der Waals surface area (Å²) in [7, 11) is 0. The smallest absolute Gasteiger partial charge is 0.0637 e. The average molecular weight is 143 g/mol. The predicted molar refractivity (Wildman–Crippen MR) is 36.4 cm³/mol. The van der Waals surface area contributed by atoms with Gasteiger partial charge in [-0.15, -0.1) is 0 Å². The van der Waals surface area contributed by atoms with Crippen LogP contribution in [-0.2, 0) is 0 Å². The first kappa shape index (κ1) is 6.58. The van der Waals surface area contributed by atoms with Crippen molar-refractivity contribution in [3.8, 4) is 0 Å². The van der Waals surface area contributed by atoms with E-state index >= 15 is 0 Å². The normalized spacial score (nSPS) is 52.2. The molecule has 0 radical (unpaired) electrons. The second kappa shape index (κ2) is 2.19. The second-order valence-corrected chi connectivity index (χ2v) is 3.32. The van der Waals surface area contributed by atoms with Crippen LogP contribution < -0.4 is 5.32 Å². The number of aliphatic hydroxyl groups excluding tert-OH is 2. The molecule has 4 atom stereocenters. The van der Waals surface area contributed by atoms with E-state index < -0.39 is 0 Å². The number of nitrogens with one attached hydrogen (secondary N) is 1. The van der Waals surface area contributed by atoms with Gasteiger partial charge in [0, 0.05) is 25.0 Å². The van der Waals surface area contributed by atoms with Gasteiger partial charge < -0.3 is 15.5 Å². The Morgan fingerprint density at radius 1 is 1.30 bits per heavy atom. The van der Waals surface area contributed by atoms with Crippen molar-refractivity contribution < 1.29 is 10.2 Å². The van der Waals surface area contributed by atoms with E-state index in [2.05, 4.69) is 5.32 Å². The van der Waals surface area contributed by atoms with Crippen molar-refractivity contribution in [2.24, 2.45) is 17.8 Å². The first-order valence-electron chi connectivity index (χ1n) is 3.84. The molecule has 2 fully saturated rings. The lowest BCUT2D eigenvalue weighted by Gasteiger charge is -2.44. The lowest BCUT2D eigenvalue weighted by molar-refractivity contribution is -0.0958. The Kier molecular flexibility index (Phi) is 1.44. The summed E-state index contributed by atoms with van der Waals surface area (Å²) in [5.74, 6) is 1.12. The summed E-state index contributed by atoms with van der Waals surface area (Å²) in [5.41, 5.74) is 0.